The lowest BCUT2D eigenvalue weighted by atomic mass is 10.1. The average Bonchev–Trinajstić information content (AvgIpc) is 3.10. The number of rotatable bonds is 4. The van der Waals surface area contributed by atoms with E-state index < -0.39 is 5.95 Å². The third-order valence-electron chi connectivity index (χ3n) is 3.81. The third kappa shape index (κ3) is 3.60. The Bertz CT molecular complexity index is 1060. The highest BCUT2D eigenvalue weighted by Crippen LogP contribution is 2.29. The van der Waals surface area contributed by atoms with Crippen molar-refractivity contribution in [3.63, 3.8) is 0 Å². The summed E-state index contributed by atoms with van der Waals surface area (Å²) < 4.78 is 13.4. The van der Waals surface area contributed by atoms with Gasteiger partial charge in [0.1, 0.15) is 0 Å². The number of nitrogens with zero attached hydrogens (tertiary/aromatic N) is 3. The Labute approximate surface area is 154 Å². The molecule has 0 aliphatic carbocycles. The number of anilines is 2. The van der Waals surface area contributed by atoms with Gasteiger partial charge < -0.3 is 5.32 Å². The Morgan fingerprint density at radius 3 is 2.65 bits per heavy atom. The average molecular weight is 362 g/mol. The molecule has 0 aliphatic rings. The van der Waals surface area contributed by atoms with E-state index in [4.69, 9.17) is 0 Å². The molecule has 1 aromatic carbocycles. The lowest BCUT2D eigenvalue weighted by Gasteiger charge is -2.04. The highest BCUT2D eigenvalue weighted by atomic mass is 32.1. The molecule has 26 heavy (non-hydrogen) atoms. The van der Waals surface area contributed by atoms with E-state index in [2.05, 4.69) is 39.3 Å². The molecule has 3 heterocycles. The summed E-state index contributed by atoms with van der Waals surface area (Å²) in [5, 5.41) is 6.11. The predicted octanol–water partition coefficient (Wildman–Crippen LogP) is 5.46. The van der Waals surface area contributed by atoms with E-state index in [0.717, 1.165) is 22.1 Å². The summed E-state index contributed by atoms with van der Waals surface area (Å²) in [6, 6.07) is 16.6. The molecular formula is C20H15FN4S. The first-order valence-corrected chi connectivity index (χ1v) is 8.94. The minimum absolute atomic E-state index is 0.500. The van der Waals surface area contributed by atoms with E-state index >= 15 is 0 Å². The summed E-state index contributed by atoms with van der Waals surface area (Å²) in [4.78, 5) is 12.8. The molecule has 0 radical (unpaired) electrons. The van der Waals surface area contributed by atoms with Crippen LogP contribution in [-0.2, 0) is 0 Å². The Morgan fingerprint density at radius 1 is 0.923 bits per heavy atom. The largest absolute Gasteiger partial charge is 0.332 e. The van der Waals surface area contributed by atoms with Crippen molar-refractivity contribution in [3.8, 4) is 22.6 Å². The number of hydrogen-bond acceptors (Lipinski definition) is 5. The Hall–Kier alpha value is -3.12. The number of aromatic nitrogens is 3. The zero-order valence-corrected chi connectivity index (χ0v) is 14.8. The number of nitrogens with one attached hydrogen (secondary N) is 1. The van der Waals surface area contributed by atoms with E-state index in [1.54, 1.807) is 18.3 Å². The molecule has 4 rings (SSSR count). The first-order chi connectivity index (χ1) is 12.7. The molecule has 0 aliphatic heterocycles. The highest BCUT2D eigenvalue weighted by molar-refractivity contribution is 7.14. The molecular weight excluding hydrogens is 347 g/mol. The Kier molecular flexibility index (Phi) is 4.41. The second kappa shape index (κ2) is 7.01. The number of hydrogen-bond donors (Lipinski definition) is 1. The second-order valence-electron chi connectivity index (χ2n) is 5.81. The number of thiazole rings is 1. The van der Waals surface area contributed by atoms with Crippen LogP contribution in [0.25, 0.3) is 22.6 Å². The van der Waals surface area contributed by atoms with E-state index in [9.17, 15) is 4.39 Å². The SMILES string of the molecule is Cc1cccc(Nc2nc(-c3ccnc(-c4cccc(F)n4)c3)cs2)c1. The maximum absolute atomic E-state index is 13.4. The summed E-state index contributed by atoms with van der Waals surface area (Å²) in [7, 11) is 0. The van der Waals surface area contributed by atoms with Gasteiger partial charge in [-0.25, -0.2) is 9.97 Å². The fourth-order valence-electron chi connectivity index (χ4n) is 2.59. The molecule has 1 N–H and O–H groups in total. The van der Waals surface area contributed by atoms with Gasteiger partial charge in [0, 0.05) is 22.8 Å². The van der Waals surface area contributed by atoms with Gasteiger partial charge in [0.15, 0.2) is 5.13 Å². The first-order valence-electron chi connectivity index (χ1n) is 8.06. The van der Waals surface area contributed by atoms with Crippen molar-refractivity contribution in [1.29, 1.82) is 0 Å². The molecule has 0 saturated heterocycles. The maximum atomic E-state index is 13.4. The van der Waals surface area contributed by atoms with Gasteiger partial charge in [0.2, 0.25) is 5.95 Å². The summed E-state index contributed by atoms with van der Waals surface area (Å²) in [6.07, 6.45) is 1.68. The van der Waals surface area contributed by atoms with Crippen LogP contribution in [0.1, 0.15) is 5.56 Å². The fourth-order valence-corrected chi connectivity index (χ4v) is 3.33. The van der Waals surface area contributed by atoms with Gasteiger partial charge in [-0.2, -0.15) is 4.39 Å². The van der Waals surface area contributed by atoms with Gasteiger partial charge in [0.25, 0.3) is 0 Å². The predicted molar refractivity (Wildman–Crippen MR) is 103 cm³/mol. The fraction of sp³-hybridized carbons (Fsp3) is 0.0500. The standard InChI is InChI=1S/C20H15FN4S/c1-13-4-2-5-15(10-13)23-20-25-18(12-26-20)14-8-9-22-17(11-14)16-6-3-7-19(21)24-16/h2-12H,1H3,(H,23,25). The van der Waals surface area contributed by atoms with Crippen molar-refractivity contribution >= 4 is 22.2 Å². The van der Waals surface area contributed by atoms with E-state index in [0.29, 0.717) is 11.4 Å². The number of pyridine rings is 2. The molecule has 4 aromatic rings. The molecule has 0 bridgehead atoms. The van der Waals surface area contributed by atoms with Crippen LogP contribution in [-0.4, -0.2) is 15.0 Å². The van der Waals surface area contributed by atoms with Crippen molar-refractivity contribution < 1.29 is 4.39 Å². The summed E-state index contributed by atoms with van der Waals surface area (Å²) in [5.74, 6) is -0.520. The van der Waals surface area contributed by atoms with Crippen LogP contribution in [0, 0.1) is 12.9 Å². The van der Waals surface area contributed by atoms with Crippen molar-refractivity contribution in [2.75, 3.05) is 5.32 Å². The van der Waals surface area contributed by atoms with Crippen LogP contribution in [0.5, 0.6) is 0 Å². The molecule has 0 atom stereocenters. The lowest BCUT2D eigenvalue weighted by molar-refractivity contribution is 0.585. The Morgan fingerprint density at radius 2 is 1.81 bits per heavy atom. The van der Waals surface area contributed by atoms with E-state index in [1.165, 1.54) is 23.0 Å². The van der Waals surface area contributed by atoms with Crippen LogP contribution >= 0.6 is 11.3 Å². The monoisotopic (exact) mass is 362 g/mol. The molecule has 6 heteroatoms. The minimum atomic E-state index is -0.520. The molecule has 4 nitrogen and oxygen atoms in total. The number of halogens is 1. The normalized spacial score (nSPS) is 10.7. The lowest BCUT2D eigenvalue weighted by Crippen LogP contribution is -1.91. The van der Waals surface area contributed by atoms with Crippen LogP contribution in [0.15, 0.2) is 66.2 Å². The molecule has 128 valence electrons. The van der Waals surface area contributed by atoms with Gasteiger partial charge in [0.05, 0.1) is 17.1 Å². The molecule has 0 fully saturated rings. The van der Waals surface area contributed by atoms with Crippen LogP contribution in [0.3, 0.4) is 0 Å². The zero-order valence-electron chi connectivity index (χ0n) is 14.0. The molecule has 0 saturated carbocycles. The van der Waals surface area contributed by atoms with Gasteiger partial charge in [-0.1, -0.05) is 18.2 Å². The molecule has 0 amide bonds. The highest BCUT2D eigenvalue weighted by Gasteiger charge is 2.08. The number of aryl methyl sites for hydroxylation is 1. The first kappa shape index (κ1) is 16.4. The Balaban J connectivity index is 1.61. The van der Waals surface area contributed by atoms with E-state index in [1.807, 2.05) is 29.6 Å². The van der Waals surface area contributed by atoms with Crippen LogP contribution < -0.4 is 5.32 Å². The van der Waals surface area contributed by atoms with E-state index in [-0.39, 0.29) is 0 Å². The summed E-state index contributed by atoms with van der Waals surface area (Å²) in [6.45, 7) is 2.05. The van der Waals surface area contributed by atoms with Crippen LogP contribution in [0.2, 0.25) is 0 Å². The summed E-state index contributed by atoms with van der Waals surface area (Å²) in [5.41, 5.74) is 5.06. The van der Waals surface area contributed by atoms with Crippen LogP contribution in [0.4, 0.5) is 15.2 Å². The smallest absolute Gasteiger partial charge is 0.213 e. The van der Waals surface area contributed by atoms with Crippen molar-refractivity contribution in [2.24, 2.45) is 0 Å². The molecule has 0 spiro atoms. The second-order valence-corrected chi connectivity index (χ2v) is 6.67. The topological polar surface area (TPSA) is 50.7 Å². The minimum Gasteiger partial charge on any atom is -0.332 e. The van der Waals surface area contributed by atoms with Gasteiger partial charge >= 0.3 is 0 Å². The number of benzene rings is 1. The molecule has 0 unspecified atom stereocenters. The maximum Gasteiger partial charge on any atom is 0.213 e. The van der Waals surface area contributed by atoms with Gasteiger partial charge in [-0.05, 0) is 48.9 Å². The quantitative estimate of drug-likeness (QED) is 0.490. The zero-order chi connectivity index (χ0) is 17.9. The van der Waals surface area contributed by atoms with Gasteiger partial charge in [-0.15, -0.1) is 11.3 Å². The van der Waals surface area contributed by atoms with Crippen molar-refractivity contribution in [2.45, 2.75) is 6.92 Å². The van der Waals surface area contributed by atoms with Gasteiger partial charge in [-0.3, -0.25) is 4.98 Å². The third-order valence-corrected chi connectivity index (χ3v) is 4.56. The van der Waals surface area contributed by atoms with Crippen molar-refractivity contribution in [3.05, 3.63) is 77.7 Å². The molecule has 3 aromatic heterocycles. The summed E-state index contributed by atoms with van der Waals surface area (Å²) >= 11 is 1.53. The van der Waals surface area contributed by atoms with Crippen molar-refractivity contribution in [1.82, 2.24) is 15.0 Å².